The maximum Gasteiger partial charge on any atom is 0.227 e. The van der Waals surface area contributed by atoms with Gasteiger partial charge in [0.1, 0.15) is 0 Å². The molecule has 0 spiro atoms. The zero-order valence-electron chi connectivity index (χ0n) is 14.0. The number of carbonyl (C=O) groups is 1. The van der Waals surface area contributed by atoms with Crippen molar-refractivity contribution in [3.8, 4) is 5.69 Å². The Morgan fingerprint density at radius 3 is 2.67 bits per heavy atom. The average molecular weight is 348 g/mol. The third kappa shape index (κ3) is 3.32. The number of amides is 1. The molecule has 0 saturated carbocycles. The fraction of sp³-hybridized carbons (Fsp3) is 0.444. The van der Waals surface area contributed by atoms with Crippen LogP contribution >= 0.6 is 11.6 Å². The topological polar surface area (TPSA) is 58.4 Å². The van der Waals surface area contributed by atoms with Crippen LogP contribution in [0.3, 0.4) is 0 Å². The average Bonchev–Trinajstić information content (AvgIpc) is 3.16. The van der Waals surface area contributed by atoms with E-state index in [0.29, 0.717) is 18.0 Å². The number of aliphatic hydroxyl groups is 1. The van der Waals surface area contributed by atoms with Crippen molar-refractivity contribution in [2.45, 2.75) is 26.7 Å². The minimum absolute atomic E-state index is 0.104. The van der Waals surface area contributed by atoms with Gasteiger partial charge in [-0.25, -0.2) is 4.68 Å². The van der Waals surface area contributed by atoms with Gasteiger partial charge in [0.2, 0.25) is 5.91 Å². The van der Waals surface area contributed by atoms with E-state index in [2.05, 4.69) is 5.10 Å². The van der Waals surface area contributed by atoms with E-state index in [0.717, 1.165) is 35.6 Å². The largest absolute Gasteiger partial charge is 0.396 e. The highest BCUT2D eigenvalue weighted by Crippen LogP contribution is 2.22. The number of carbonyl (C=O) groups excluding carboxylic acids is 1. The Hall–Kier alpha value is -1.85. The fourth-order valence-corrected chi connectivity index (χ4v) is 3.36. The SMILES string of the molecule is Cc1nn(-c2ccc(Cl)cc2)c(C)c1CC(=O)N1CCC(CO)C1. The predicted molar refractivity (Wildman–Crippen MR) is 93.5 cm³/mol. The molecule has 1 amide bonds. The summed E-state index contributed by atoms with van der Waals surface area (Å²) in [7, 11) is 0. The van der Waals surface area contributed by atoms with Crippen LogP contribution in [0, 0.1) is 19.8 Å². The molecule has 128 valence electrons. The van der Waals surface area contributed by atoms with E-state index in [1.165, 1.54) is 0 Å². The van der Waals surface area contributed by atoms with Crippen LogP contribution in [0.25, 0.3) is 5.69 Å². The first-order valence-electron chi connectivity index (χ1n) is 8.19. The van der Waals surface area contributed by atoms with Gasteiger partial charge >= 0.3 is 0 Å². The summed E-state index contributed by atoms with van der Waals surface area (Å²) in [6.07, 6.45) is 1.23. The first kappa shape index (κ1) is 17.0. The van der Waals surface area contributed by atoms with Crippen molar-refractivity contribution in [3.05, 3.63) is 46.2 Å². The molecular weight excluding hydrogens is 326 g/mol. The molecule has 1 saturated heterocycles. The third-order valence-electron chi connectivity index (χ3n) is 4.74. The highest BCUT2D eigenvalue weighted by Gasteiger charge is 2.27. The summed E-state index contributed by atoms with van der Waals surface area (Å²) in [6, 6.07) is 7.49. The predicted octanol–water partition coefficient (Wildman–Crippen LogP) is 2.53. The second-order valence-corrected chi connectivity index (χ2v) is 6.83. The molecule has 1 aromatic heterocycles. The lowest BCUT2D eigenvalue weighted by molar-refractivity contribution is -0.129. The Bertz CT molecular complexity index is 739. The second kappa shape index (κ2) is 6.95. The normalized spacial score (nSPS) is 17.5. The van der Waals surface area contributed by atoms with Gasteiger partial charge in [0.05, 0.1) is 17.8 Å². The number of aliphatic hydroxyl groups excluding tert-OH is 1. The maximum absolute atomic E-state index is 12.6. The van der Waals surface area contributed by atoms with Crippen molar-refractivity contribution in [3.63, 3.8) is 0 Å². The molecule has 2 heterocycles. The number of aromatic nitrogens is 2. The van der Waals surface area contributed by atoms with E-state index in [1.807, 2.05) is 47.7 Å². The van der Waals surface area contributed by atoms with Crippen molar-refractivity contribution in [2.75, 3.05) is 19.7 Å². The van der Waals surface area contributed by atoms with E-state index < -0.39 is 0 Å². The van der Waals surface area contributed by atoms with Crippen molar-refractivity contribution in [1.82, 2.24) is 14.7 Å². The summed E-state index contributed by atoms with van der Waals surface area (Å²) < 4.78 is 1.86. The molecule has 0 aliphatic carbocycles. The lowest BCUT2D eigenvalue weighted by atomic mass is 10.1. The Balaban J connectivity index is 1.79. The van der Waals surface area contributed by atoms with Gasteiger partial charge in [-0.15, -0.1) is 0 Å². The number of likely N-dealkylation sites (tertiary alicyclic amines) is 1. The summed E-state index contributed by atoms with van der Waals surface area (Å²) in [6.45, 7) is 5.45. The molecule has 1 atom stereocenters. The number of hydrogen-bond donors (Lipinski definition) is 1. The fourth-order valence-electron chi connectivity index (χ4n) is 3.24. The molecule has 5 nitrogen and oxygen atoms in total. The summed E-state index contributed by atoms with van der Waals surface area (Å²) >= 11 is 5.94. The number of hydrogen-bond acceptors (Lipinski definition) is 3. The molecule has 24 heavy (non-hydrogen) atoms. The lowest BCUT2D eigenvalue weighted by Gasteiger charge is -2.16. The summed E-state index contributed by atoms with van der Waals surface area (Å²) in [5.74, 6) is 0.320. The molecule has 0 radical (unpaired) electrons. The van der Waals surface area contributed by atoms with Crippen LogP contribution in [0.2, 0.25) is 5.02 Å². The van der Waals surface area contributed by atoms with E-state index in [-0.39, 0.29) is 18.4 Å². The molecule has 6 heteroatoms. The van der Waals surface area contributed by atoms with Crippen LogP contribution in [0.4, 0.5) is 0 Å². The minimum atomic E-state index is 0.104. The van der Waals surface area contributed by atoms with Crippen LogP contribution in [0.15, 0.2) is 24.3 Å². The zero-order chi connectivity index (χ0) is 17.3. The van der Waals surface area contributed by atoms with Crippen LogP contribution in [0.1, 0.15) is 23.4 Å². The molecule has 3 rings (SSSR count). The number of rotatable bonds is 4. The second-order valence-electron chi connectivity index (χ2n) is 6.39. The van der Waals surface area contributed by atoms with E-state index in [9.17, 15) is 9.90 Å². The lowest BCUT2D eigenvalue weighted by Crippen LogP contribution is -2.30. The van der Waals surface area contributed by atoms with Gasteiger partial charge in [0.25, 0.3) is 0 Å². The number of benzene rings is 1. The summed E-state index contributed by atoms with van der Waals surface area (Å²) in [5, 5.41) is 14.5. The van der Waals surface area contributed by atoms with Crippen molar-refractivity contribution >= 4 is 17.5 Å². The molecular formula is C18H22ClN3O2. The van der Waals surface area contributed by atoms with Gasteiger partial charge in [0.15, 0.2) is 0 Å². The van der Waals surface area contributed by atoms with Gasteiger partial charge in [-0.3, -0.25) is 4.79 Å². The van der Waals surface area contributed by atoms with E-state index in [1.54, 1.807) is 0 Å². The maximum atomic E-state index is 12.6. The molecule has 1 aliphatic rings. The van der Waals surface area contributed by atoms with Gasteiger partial charge in [0, 0.05) is 41.9 Å². The van der Waals surface area contributed by atoms with Gasteiger partial charge < -0.3 is 10.0 Å². The Kier molecular flexibility index (Phi) is 4.92. The molecule has 2 aromatic rings. The molecule has 1 aliphatic heterocycles. The first-order valence-corrected chi connectivity index (χ1v) is 8.57. The number of nitrogens with zero attached hydrogens (tertiary/aromatic N) is 3. The third-order valence-corrected chi connectivity index (χ3v) is 4.99. The summed E-state index contributed by atoms with van der Waals surface area (Å²) in [4.78, 5) is 14.4. The Labute approximate surface area is 146 Å². The molecule has 0 bridgehead atoms. The highest BCUT2D eigenvalue weighted by molar-refractivity contribution is 6.30. The Morgan fingerprint density at radius 2 is 2.04 bits per heavy atom. The van der Waals surface area contributed by atoms with Gasteiger partial charge in [-0.1, -0.05) is 11.6 Å². The number of aryl methyl sites for hydroxylation is 1. The Morgan fingerprint density at radius 1 is 1.33 bits per heavy atom. The standard InChI is InChI=1S/C18H22ClN3O2/c1-12-17(9-18(24)21-8-7-14(10-21)11-23)13(2)22(20-12)16-5-3-15(19)4-6-16/h3-6,14,23H,7-11H2,1-2H3. The highest BCUT2D eigenvalue weighted by atomic mass is 35.5. The van der Waals surface area contributed by atoms with E-state index >= 15 is 0 Å². The van der Waals surface area contributed by atoms with Crippen molar-refractivity contribution in [2.24, 2.45) is 5.92 Å². The van der Waals surface area contributed by atoms with Crippen LogP contribution in [0.5, 0.6) is 0 Å². The van der Waals surface area contributed by atoms with Crippen molar-refractivity contribution < 1.29 is 9.90 Å². The molecule has 1 aromatic carbocycles. The molecule has 1 unspecified atom stereocenters. The minimum Gasteiger partial charge on any atom is -0.396 e. The summed E-state index contributed by atoms with van der Waals surface area (Å²) in [5.41, 5.74) is 3.75. The zero-order valence-corrected chi connectivity index (χ0v) is 14.8. The van der Waals surface area contributed by atoms with Crippen LogP contribution < -0.4 is 0 Å². The van der Waals surface area contributed by atoms with Crippen LogP contribution in [-0.2, 0) is 11.2 Å². The molecule has 1 fully saturated rings. The van der Waals surface area contributed by atoms with Crippen molar-refractivity contribution in [1.29, 1.82) is 0 Å². The first-order chi connectivity index (χ1) is 11.5. The number of halogens is 1. The van der Waals surface area contributed by atoms with Gasteiger partial charge in [-0.2, -0.15) is 5.10 Å². The van der Waals surface area contributed by atoms with E-state index in [4.69, 9.17) is 11.6 Å². The smallest absolute Gasteiger partial charge is 0.227 e. The monoisotopic (exact) mass is 347 g/mol. The molecule has 1 N–H and O–H groups in total. The van der Waals surface area contributed by atoms with Gasteiger partial charge in [-0.05, 0) is 44.5 Å². The van der Waals surface area contributed by atoms with Crippen LogP contribution in [-0.4, -0.2) is 45.4 Å². The quantitative estimate of drug-likeness (QED) is 0.924.